The Kier molecular flexibility index (Phi) is 4.11. The number of halogens is 1. The zero-order chi connectivity index (χ0) is 14.0. The molecule has 0 bridgehead atoms. The first kappa shape index (κ1) is 13.9. The van der Waals surface area contributed by atoms with E-state index in [0.717, 1.165) is 0 Å². The first-order valence-corrected chi connectivity index (χ1v) is 6.47. The maximum atomic E-state index is 12.1. The number of hydrogen-bond donors (Lipinski definition) is 2. The van der Waals surface area contributed by atoms with Gasteiger partial charge in [0.15, 0.2) is 0 Å². The van der Waals surface area contributed by atoms with Crippen molar-refractivity contribution in [1.82, 2.24) is 14.8 Å². The molecule has 1 atom stereocenters. The van der Waals surface area contributed by atoms with Crippen LogP contribution in [0.5, 0.6) is 0 Å². The summed E-state index contributed by atoms with van der Waals surface area (Å²) in [7, 11) is 0. The lowest BCUT2D eigenvalue weighted by Gasteiger charge is -2.36. The van der Waals surface area contributed by atoms with Gasteiger partial charge in [0.1, 0.15) is 11.7 Å². The molecule has 0 aromatic carbocycles. The maximum absolute atomic E-state index is 12.1. The Balaban J connectivity index is 1.93. The van der Waals surface area contributed by atoms with E-state index < -0.39 is 12.0 Å². The number of aromatic nitrogens is 1. The van der Waals surface area contributed by atoms with Gasteiger partial charge in [-0.25, -0.2) is 0 Å². The number of carbonyl (C=O) groups is 2. The van der Waals surface area contributed by atoms with Gasteiger partial charge in [-0.15, -0.1) is 0 Å². The summed E-state index contributed by atoms with van der Waals surface area (Å²) >= 11 is 5.77. The van der Waals surface area contributed by atoms with E-state index in [2.05, 4.69) is 4.98 Å². The highest BCUT2D eigenvalue weighted by molar-refractivity contribution is 6.30. The minimum absolute atomic E-state index is 0.102. The third kappa shape index (κ3) is 3.08. The number of aromatic amines is 1. The predicted octanol–water partition coefficient (Wildman–Crippen LogP) is 0.899. The van der Waals surface area contributed by atoms with Crippen molar-refractivity contribution >= 4 is 23.5 Å². The van der Waals surface area contributed by atoms with Crippen molar-refractivity contribution in [1.29, 1.82) is 0 Å². The summed E-state index contributed by atoms with van der Waals surface area (Å²) in [6.45, 7) is 3.83. The second kappa shape index (κ2) is 5.63. The number of nitrogens with one attached hydrogen (secondary N) is 1. The molecule has 0 aliphatic carbocycles. The average molecular weight is 286 g/mol. The number of piperazine rings is 1. The van der Waals surface area contributed by atoms with Crippen molar-refractivity contribution < 1.29 is 14.7 Å². The lowest BCUT2D eigenvalue weighted by Crippen LogP contribution is -2.53. The zero-order valence-electron chi connectivity index (χ0n) is 10.6. The molecule has 1 fully saturated rings. The quantitative estimate of drug-likeness (QED) is 0.865. The van der Waals surface area contributed by atoms with Crippen LogP contribution in [-0.4, -0.2) is 64.0 Å². The van der Waals surface area contributed by atoms with Crippen molar-refractivity contribution in [2.45, 2.75) is 13.0 Å². The van der Waals surface area contributed by atoms with Crippen LogP contribution in [-0.2, 0) is 4.79 Å². The number of carbonyl (C=O) groups excluding carboxylic acids is 1. The van der Waals surface area contributed by atoms with E-state index in [4.69, 9.17) is 16.7 Å². The van der Waals surface area contributed by atoms with Crippen molar-refractivity contribution in [3.63, 3.8) is 0 Å². The molecule has 1 aromatic heterocycles. The number of amides is 1. The van der Waals surface area contributed by atoms with Crippen LogP contribution < -0.4 is 0 Å². The highest BCUT2D eigenvalue weighted by Gasteiger charge is 2.27. The lowest BCUT2D eigenvalue weighted by atomic mass is 10.2. The first-order valence-electron chi connectivity index (χ1n) is 6.09. The fraction of sp³-hybridized carbons (Fsp3) is 0.500. The number of rotatable bonds is 3. The molecule has 104 valence electrons. The number of nitrogens with zero attached hydrogens (tertiary/aromatic N) is 2. The van der Waals surface area contributed by atoms with Gasteiger partial charge < -0.3 is 15.0 Å². The van der Waals surface area contributed by atoms with Crippen molar-refractivity contribution in [3.05, 3.63) is 23.0 Å². The van der Waals surface area contributed by atoms with Crippen LogP contribution in [0.15, 0.2) is 12.3 Å². The van der Waals surface area contributed by atoms with Gasteiger partial charge in [0.05, 0.1) is 5.02 Å². The van der Waals surface area contributed by atoms with Crippen molar-refractivity contribution in [2.24, 2.45) is 0 Å². The summed E-state index contributed by atoms with van der Waals surface area (Å²) < 4.78 is 0. The van der Waals surface area contributed by atoms with Crippen LogP contribution in [0.4, 0.5) is 0 Å². The number of carboxylic acid groups (broad SMARTS) is 1. The van der Waals surface area contributed by atoms with Gasteiger partial charge in [-0.05, 0) is 13.0 Å². The number of carboxylic acids is 1. The molecule has 1 aliphatic heterocycles. The SMILES string of the molecule is CC(C(=O)O)N1CCN(C(=O)c2cc(Cl)c[nH]2)CC1. The predicted molar refractivity (Wildman–Crippen MR) is 70.4 cm³/mol. The molecule has 0 spiro atoms. The Morgan fingerprint density at radius 2 is 2.00 bits per heavy atom. The standard InChI is InChI=1S/C12H16ClN3O3/c1-8(12(18)19)15-2-4-16(5-3-15)11(17)10-6-9(13)7-14-10/h6-8,14H,2-5H2,1H3,(H,18,19). The first-order chi connectivity index (χ1) is 8.99. The highest BCUT2D eigenvalue weighted by atomic mass is 35.5. The number of hydrogen-bond acceptors (Lipinski definition) is 3. The summed E-state index contributed by atoms with van der Waals surface area (Å²) in [5.41, 5.74) is 0.463. The number of aliphatic carboxylic acids is 1. The van der Waals surface area contributed by atoms with Crippen LogP contribution >= 0.6 is 11.6 Å². The molecule has 1 aromatic rings. The van der Waals surface area contributed by atoms with E-state index in [1.807, 2.05) is 4.90 Å². The highest BCUT2D eigenvalue weighted by Crippen LogP contribution is 2.14. The molecule has 2 N–H and O–H groups in total. The molecule has 19 heavy (non-hydrogen) atoms. The summed E-state index contributed by atoms with van der Waals surface area (Å²) in [6.07, 6.45) is 1.57. The van der Waals surface area contributed by atoms with Gasteiger partial charge >= 0.3 is 5.97 Å². The zero-order valence-corrected chi connectivity index (χ0v) is 11.4. The van der Waals surface area contributed by atoms with Crippen LogP contribution in [0.2, 0.25) is 5.02 Å². The molecular formula is C12H16ClN3O3. The summed E-state index contributed by atoms with van der Waals surface area (Å²) in [4.78, 5) is 29.4. The fourth-order valence-corrected chi connectivity index (χ4v) is 2.29. The van der Waals surface area contributed by atoms with Crippen molar-refractivity contribution in [3.8, 4) is 0 Å². The van der Waals surface area contributed by atoms with Gasteiger partial charge in [-0.1, -0.05) is 11.6 Å². The van der Waals surface area contributed by atoms with E-state index in [9.17, 15) is 9.59 Å². The Morgan fingerprint density at radius 3 is 2.47 bits per heavy atom. The van der Waals surface area contributed by atoms with E-state index >= 15 is 0 Å². The van der Waals surface area contributed by atoms with Gasteiger partial charge in [0, 0.05) is 32.4 Å². The van der Waals surface area contributed by atoms with E-state index in [1.165, 1.54) is 0 Å². The topological polar surface area (TPSA) is 76.6 Å². The molecule has 2 heterocycles. The van der Waals surface area contributed by atoms with E-state index in [1.54, 1.807) is 24.1 Å². The molecule has 6 nitrogen and oxygen atoms in total. The largest absolute Gasteiger partial charge is 0.480 e. The third-order valence-corrected chi connectivity index (χ3v) is 3.60. The van der Waals surface area contributed by atoms with Crippen LogP contribution in [0.3, 0.4) is 0 Å². The molecular weight excluding hydrogens is 270 g/mol. The van der Waals surface area contributed by atoms with Crippen LogP contribution in [0.1, 0.15) is 17.4 Å². The van der Waals surface area contributed by atoms with Gasteiger partial charge in [0.25, 0.3) is 5.91 Å². The Labute approximate surface area is 115 Å². The summed E-state index contributed by atoms with van der Waals surface area (Å²) in [6, 6.07) is 1.08. The molecule has 1 saturated heterocycles. The normalized spacial score (nSPS) is 18.3. The smallest absolute Gasteiger partial charge is 0.320 e. The second-order valence-corrected chi connectivity index (χ2v) is 5.01. The average Bonchev–Trinajstić information content (AvgIpc) is 2.84. The summed E-state index contributed by atoms with van der Waals surface area (Å²) in [5.74, 6) is -0.939. The Morgan fingerprint density at radius 1 is 1.37 bits per heavy atom. The molecule has 0 saturated carbocycles. The van der Waals surface area contributed by atoms with Crippen LogP contribution in [0, 0.1) is 0 Å². The lowest BCUT2D eigenvalue weighted by molar-refractivity contribution is -0.143. The second-order valence-electron chi connectivity index (χ2n) is 4.57. The Bertz CT molecular complexity index is 480. The van der Waals surface area contributed by atoms with Crippen LogP contribution in [0.25, 0.3) is 0 Å². The molecule has 1 unspecified atom stereocenters. The molecule has 7 heteroatoms. The maximum Gasteiger partial charge on any atom is 0.320 e. The van der Waals surface area contributed by atoms with Gasteiger partial charge in [-0.3, -0.25) is 14.5 Å². The molecule has 1 amide bonds. The monoisotopic (exact) mass is 285 g/mol. The minimum Gasteiger partial charge on any atom is -0.480 e. The third-order valence-electron chi connectivity index (χ3n) is 3.38. The van der Waals surface area contributed by atoms with Gasteiger partial charge in [0.2, 0.25) is 0 Å². The summed E-state index contributed by atoms with van der Waals surface area (Å²) in [5, 5.41) is 9.45. The minimum atomic E-state index is -0.837. The van der Waals surface area contributed by atoms with Gasteiger partial charge in [-0.2, -0.15) is 0 Å². The van der Waals surface area contributed by atoms with Crippen molar-refractivity contribution in [2.75, 3.05) is 26.2 Å². The van der Waals surface area contributed by atoms with E-state index in [-0.39, 0.29) is 5.91 Å². The van der Waals surface area contributed by atoms with E-state index in [0.29, 0.717) is 36.9 Å². The molecule has 0 radical (unpaired) electrons. The number of H-pyrrole nitrogens is 1. The molecule has 2 rings (SSSR count). The molecule has 1 aliphatic rings. The Hall–Kier alpha value is -1.53. The fourth-order valence-electron chi connectivity index (χ4n) is 2.13.